The monoisotopic (exact) mass is 391 g/mol. The van der Waals surface area contributed by atoms with Crippen molar-refractivity contribution in [1.82, 2.24) is 4.90 Å². The number of carbonyl (C=O) groups is 2. The molecule has 1 aromatic carbocycles. The Kier molecular flexibility index (Phi) is 6.70. The van der Waals surface area contributed by atoms with Gasteiger partial charge in [0.1, 0.15) is 6.10 Å². The predicted molar refractivity (Wildman–Crippen MR) is 108 cm³/mol. The third-order valence-electron chi connectivity index (χ3n) is 4.67. The van der Waals surface area contributed by atoms with Crippen molar-refractivity contribution < 1.29 is 14.3 Å². The summed E-state index contributed by atoms with van der Waals surface area (Å²) < 4.78 is 6.76. The van der Waals surface area contributed by atoms with Crippen LogP contribution in [0.2, 0.25) is 0 Å². The Balaban J connectivity index is 1.78. The van der Waals surface area contributed by atoms with Crippen LogP contribution in [-0.4, -0.2) is 34.4 Å². The minimum Gasteiger partial charge on any atom is -0.439 e. The molecule has 2 heterocycles. The van der Waals surface area contributed by atoms with Crippen LogP contribution in [0.5, 0.6) is 0 Å². The summed E-state index contributed by atoms with van der Waals surface area (Å²) in [6.45, 7) is 3.96. The maximum absolute atomic E-state index is 13.2. The van der Waals surface area contributed by atoms with Crippen molar-refractivity contribution in [2.45, 2.75) is 45.3 Å². The summed E-state index contributed by atoms with van der Waals surface area (Å²) in [4.78, 5) is 27.0. The van der Waals surface area contributed by atoms with Gasteiger partial charge in [-0.2, -0.15) is 0 Å². The van der Waals surface area contributed by atoms with E-state index in [1.54, 1.807) is 0 Å². The Bertz CT molecular complexity index is 669. The highest BCUT2D eigenvalue weighted by molar-refractivity contribution is 8.22. The molecular formula is C20H25NO3S2. The molecule has 6 heteroatoms. The number of ether oxygens (including phenoxy) is 1. The van der Waals surface area contributed by atoms with Crippen molar-refractivity contribution in [3.63, 3.8) is 0 Å². The summed E-state index contributed by atoms with van der Waals surface area (Å²) in [7, 11) is 0. The van der Waals surface area contributed by atoms with Gasteiger partial charge in [0.05, 0.1) is 12.0 Å². The van der Waals surface area contributed by atoms with Crippen molar-refractivity contribution in [2.24, 2.45) is 5.92 Å². The maximum Gasteiger partial charge on any atom is 0.417 e. The Morgan fingerprint density at radius 3 is 2.65 bits per heavy atom. The minimum atomic E-state index is -0.528. The Morgan fingerprint density at radius 1 is 1.31 bits per heavy atom. The largest absolute Gasteiger partial charge is 0.439 e. The molecule has 0 saturated carbocycles. The average molecular weight is 392 g/mol. The van der Waals surface area contributed by atoms with Crippen molar-refractivity contribution in [2.75, 3.05) is 11.5 Å². The van der Waals surface area contributed by atoms with Gasteiger partial charge in [0, 0.05) is 4.24 Å². The van der Waals surface area contributed by atoms with E-state index in [0.29, 0.717) is 0 Å². The van der Waals surface area contributed by atoms with Crippen LogP contribution in [0.25, 0.3) is 0 Å². The number of nitrogens with zero attached hydrogens (tertiary/aromatic N) is 1. The molecule has 26 heavy (non-hydrogen) atoms. The van der Waals surface area contributed by atoms with E-state index in [-0.39, 0.29) is 17.9 Å². The molecule has 0 unspecified atom stereocenters. The first-order valence-corrected chi connectivity index (χ1v) is 11.1. The van der Waals surface area contributed by atoms with Crippen LogP contribution in [0, 0.1) is 5.92 Å². The van der Waals surface area contributed by atoms with Gasteiger partial charge in [-0.1, -0.05) is 49.8 Å². The second-order valence-corrected chi connectivity index (χ2v) is 9.13. The Morgan fingerprint density at radius 2 is 2.00 bits per heavy atom. The fourth-order valence-electron chi connectivity index (χ4n) is 3.32. The number of amides is 2. The number of hydrogen-bond acceptors (Lipinski definition) is 5. The molecule has 0 bridgehead atoms. The maximum atomic E-state index is 13.2. The van der Waals surface area contributed by atoms with Crippen LogP contribution in [0.15, 0.2) is 40.6 Å². The first-order chi connectivity index (χ1) is 12.6. The lowest BCUT2D eigenvalue weighted by Gasteiger charge is -2.24. The standard InChI is InChI=1S/C20H25NO3S2/c1-3-8-16(13-17-25-11-7-12-26-17)19(22)21-14(2)18(24-20(21)23)15-9-5-4-6-10-15/h4-6,9-10,13-14,16,18H,3,7-8,11-12H2,1-2H3/t14-,16+,18-/m1/s1. The third kappa shape index (κ3) is 4.29. The fraction of sp³-hybridized carbons (Fsp3) is 0.500. The van der Waals surface area contributed by atoms with Crippen molar-refractivity contribution >= 4 is 35.5 Å². The molecule has 140 valence electrons. The van der Waals surface area contributed by atoms with E-state index in [1.807, 2.05) is 60.8 Å². The van der Waals surface area contributed by atoms with Crippen molar-refractivity contribution in [3.05, 3.63) is 46.2 Å². The van der Waals surface area contributed by atoms with Gasteiger partial charge in [0.2, 0.25) is 5.91 Å². The van der Waals surface area contributed by atoms with E-state index in [0.717, 1.165) is 29.9 Å². The zero-order chi connectivity index (χ0) is 18.5. The summed E-state index contributed by atoms with van der Waals surface area (Å²) in [6, 6.07) is 9.33. The first kappa shape index (κ1) is 19.4. The van der Waals surface area contributed by atoms with Gasteiger partial charge < -0.3 is 4.74 Å². The molecule has 1 aromatic rings. The second-order valence-electron chi connectivity index (χ2n) is 6.60. The summed E-state index contributed by atoms with van der Waals surface area (Å²) in [5, 5.41) is 0. The molecule has 0 aromatic heterocycles. The van der Waals surface area contributed by atoms with Crippen molar-refractivity contribution in [3.8, 4) is 0 Å². The fourth-order valence-corrected chi connectivity index (χ4v) is 5.84. The highest BCUT2D eigenvalue weighted by Crippen LogP contribution is 2.38. The van der Waals surface area contributed by atoms with Crippen LogP contribution in [0.3, 0.4) is 0 Å². The Labute approximate surface area is 163 Å². The van der Waals surface area contributed by atoms with Gasteiger partial charge in [-0.15, -0.1) is 23.5 Å². The Hall–Kier alpha value is -1.40. The highest BCUT2D eigenvalue weighted by atomic mass is 32.2. The van der Waals surface area contributed by atoms with E-state index < -0.39 is 12.2 Å². The first-order valence-electron chi connectivity index (χ1n) is 9.18. The molecule has 0 radical (unpaired) electrons. The second kappa shape index (κ2) is 9.00. The molecule has 0 N–H and O–H groups in total. The van der Waals surface area contributed by atoms with Crippen LogP contribution < -0.4 is 0 Å². The summed E-state index contributed by atoms with van der Waals surface area (Å²) in [6.07, 6.45) is 3.98. The summed E-state index contributed by atoms with van der Waals surface area (Å²) >= 11 is 3.63. The minimum absolute atomic E-state index is 0.137. The number of hydrogen-bond donors (Lipinski definition) is 0. The lowest BCUT2D eigenvalue weighted by Crippen LogP contribution is -2.41. The molecule has 0 spiro atoms. The highest BCUT2D eigenvalue weighted by Gasteiger charge is 2.44. The van der Waals surface area contributed by atoms with E-state index in [1.165, 1.54) is 15.6 Å². The number of benzene rings is 1. The van der Waals surface area contributed by atoms with Crippen molar-refractivity contribution in [1.29, 1.82) is 0 Å². The van der Waals surface area contributed by atoms with Crippen LogP contribution in [0.1, 0.15) is 44.8 Å². The summed E-state index contributed by atoms with van der Waals surface area (Å²) in [5.41, 5.74) is 0.924. The van der Waals surface area contributed by atoms with Gasteiger partial charge in [-0.25, -0.2) is 9.69 Å². The molecule has 3 atom stereocenters. The van der Waals surface area contributed by atoms with Gasteiger partial charge in [0.15, 0.2) is 0 Å². The van der Waals surface area contributed by atoms with E-state index in [4.69, 9.17) is 4.74 Å². The van der Waals surface area contributed by atoms with Gasteiger partial charge in [0.25, 0.3) is 0 Å². The van der Waals surface area contributed by atoms with E-state index >= 15 is 0 Å². The SMILES string of the molecule is CCC[C@@H](C=C1SCCCS1)C(=O)N1C(=O)O[C@@H](c2ccccc2)[C@H]1C. The molecule has 4 nitrogen and oxygen atoms in total. The predicted octanol–water partition coefficient (Wildman–Crippen LogP) is 5.22. The van der Waals surface area contributed by atoms with E-state index in [2.05, 4.69) is 13.0 Å². The van der Waals surface area contributed by atoms with Gasteiger partial charge in [-0.3, -0.25) is 4.79 Å². The molecule has 3 rings (SSSR count). The lowest BCUT2D eigenvalue weighted by molar-refractivity contribution is -0.132. The molecular weight excluding hydrogens is 366 g/mol. The lowest BCUT2D eigenvalue weighted by atomic mass is 9.99. The van der Waals surface area contributed by atoms with E-state index in [9.17, 15) is 9.59 Å². The average Bonchev–Trinajstić information content (AvgIpc) is 2.96. The number of cyclic esters (lactones) is 1. The van der Waals surface area contributed by atoms with Gasteiger partial charge in [-0.05, 0) is 36.8 Å². The number of rotatable bonds is 5. The molecule has 2 aliphatic heterocycles. The zero-order valence-corrected chi connectivity index (χ0v) is 16.9. The normalized spacial score (nSPS) is 24.3. The number of imide groups is 1. The van der Waals surface area contributed by atoms with Crippen LogP contribution in [-0.2, 0) is 9.53 Å². The van der Waals surface area contributed by atoms with Crippen LogP contribution in [0.4, 0.5) is 4.79 Å². The molecule has 2 aliphatic rings. The van der Waals surface area contributed by atoms with Gasteiger partial charge >= 0.3 is 6.09 Å². The summed E-state index contributed by atoms with van der Waals surface area (Å²) in [5.74, 6) is 1.80. The molecule has 0 aliphatic carbocycles. The number of thioether (sulfide) groups is 2. The third-order valence-corrected chi connectivity index (χ3v) is 7.20. The topological polar surface area (TPSA) is 46.6 Å². The molecule has 2 amide bonds. The number of carbonyl (C=O) groups excluding carboxylic acids is 2. The molecule has 2 saturated heterocycles. The molecule has 2 fully saturated rings. The van der Waals surface area contributed by atoms with Crippen LogP contribution >= 0.6 is 23.5 Å². The zero-order valence-electron chi connectivity index (χ0n) is 15.2. The smallest absolute Gasteiger partial charge is 0.417 e. The quantitative estimate of drug-likeness (QED) is 0.688.